The number of methoxy groups -OCH3 is 1. The van der Waals surface area contributed by atoms with Crippen LogP contribution in [-0.4, -0.2) is 23.8 Å². The summed E-state index contributed by atoms with van der Waals surface area (Å²) in [5, 5.41) is 10.0. The summed E-state index contributed by atoms with van der Waals surface area (Å²) in [4.78, 5) is 5.42. The van der Waals surface area contributed by atoms with Gasteiger partial charge in [0, 0.05) is 10.4 Å². The number of aliphatic hydroxyl groups is 1. The van der Waals surface area contributed by atoms with E-state index in [1.165, 1.54) is 11.3 Å². The monoisotopic (exact) mass is 264 g/mol. The number of benzene rings is 1. The van der Waals surface area contributed by atoms with Crippen LogP contribution in [0.4, 0.5) is 0 Å². The molecule has 1 atom stereocenters. The van der Waals surface area contributed by atoms with Crippen molar-refractivity contribution in [3.63, 3.8) is 0 Å². The molecule has 0 saturated carbocycles. The van der Waals surface area contributed by atoms with E-state index in [0.717, 1.165) is 26.9 Å². The first kappa shape index (κ1) is 13.0. The summed E-state index contributed by atoms with van der Waals surface area (Å²) in [5.74, 6) is 0.799. The predicted octanol–water partition coefficient (Wildman–Crippen LogP) is 2.12. The van der Waals surface area contributed by atoms with E-state index in [9.17, 15) is 0 Å². The second-order valence-corrected chi connectivity index (χ2v) is 5.02. The molecular formula is C13H16N2O2S. The summed E-state index contributed by atoms with van der Waals surface area (Å²) in [6, 6.07) is 7.38. The molecule has 1 unspecified atom stereocenters. The number of thiazole rings is 1. The second-order valence-electron chi connectivity index (χ2n) is 3.99. The molecular weight excluding hydrogens is 248 g/mol. The normalized spacial score (nSPS) is 12.4. The van der Waals surface area contributed by atoms with Crippen LogP contribution in [0.1, 0.15) is 16.6 Å². The first-order valence-electron chi connectivity index (χ1n) is 5.64. The fraction of sp³-hybridized carbons (Fsp3) is 0.308. The van der Waals surface area contributed by atoms with Gasteiger partial charge in [-0.3, -0.25) is 0 Å². The van der Waals surface area contributed by atoms with E-state index in [-0.39, 0.29) is 12.6 Å². The van der Waals surface area contributed by atoms with Crippen molar-refractivity contribution in [3.8, 4) is 16.3 Å². The molecule has 18 heavy (non-hydrogen) atoms. The molecule has 0 bridgehead atoms. The molecule has 0 aliphatic heterocycles. The fourth-order valence-electron chi connectivity index (χ4n) is 1.71. The molecule has 4 nitrogen and oxygen atoms in total. The molecule has 0 fully saturated rings. The Hall–Kier alpha value is -1.43. The predicted molar refractivity (Wildman–Crippen MR) is 72.9 cm³/mol. The summed E-state index contributed by atoms with van der Waals surface area (Å²) in [7, 11) is 1.64. The van der Waals surface area contributed by atoms with Gasteiger partial charge in [0.05, 0.1) is 25.5 Å². The largest absolute Gasteiger partial charge is 0.497 e. The van der Waals surface area contributed by atoms with Gasteiger partial charge in [-0.15, -0.1) is 11.3 Å². The maximum Gasteiger partial charge on any atom is 0.124 e. The number of aromatic nitrogens is 1. The zero-order valence-electron chi connectivity index (χ0n) is 10.4. The Morgan fingerprint density at radius 3 is 2.94 bits per heavy atom. The maximum atomic E-state index is 9.11. The highest BCUT2D eigenvalue weighted by molar-refractivity contribution is 7.15. The number of nitrogens with two attached hydrogens (primary N) is 1. The zero-order chi connectivity index (χ0) is 13.1. The van der Waals surface area contributed by atoms with Gasteiger partial charge >= 0.3 is 0 Å². The molecule has 1 aromatic heterocycles. The van der Waals surface area contributed by atoms with Crippen molar-refractivity contribution in [2.75, 3.05) is 13.7 Å². The molecule has 1 aromatic carbocycles. The minimum absolute atomic E-state index is 0.0689. The summed E-state index contributed by atoms with van der Waals surface area (Å²) in [5.41, 5.74) is 7.71. The van der Waals surface area contributed by atoms with E-state index in [2.05, 4.69) is 4.98 Å². The van der Waals surface area contributed by atoms with Gasteiger partial charge in [0.25, 0.3) is 0 Å². The molecule has 0 aliphatic rings. The molecule has 0 amide bonds. The Kier molecular flexibility index (Phi) is 3.96. The van der Waals surface area contributed by atoms with Crippen molar-refractivity contribution in [1.82, 2.24) is 4.98 Å². The zero-order valence-corrected chi connectivity index (χ0v) is 11.2. The third-order valence-corrected chi connectivity index (χ3v) is 4.02. The molecule has 0 spiro atoms. The molecule has 5 heteroatoms. The SMILES string of the molecule is COc1cccc(-c2nc(C)c(C(N)CO)s2)c1. The Bertz CT molecular complexity index is 540. The van der Waals surface area contributed by atoms with Gasteiger partial charge in [-0.1, -0.05) is 12.1 Å². The Morgan fingerprint density at radius 2 is 2.28 bits per heavy atom. The molecule has 2 rings (SSSR count). The first-order valence-corrected chi connectivity index (χ1v) is 6.45. The lowest BCUT2D eigenvalue weighted by atomic mass is 10.2. The number of rotatable bonds is 4. The van der Waals surface area contributed by atoms with E-state index in [0.29, 0.717) is 0 Å². The van der Waals surface area contributed by atoms with Crippen LogP contribution < -0.4 is 10.5 Å². The van der Waals surface area contributed by atoms with Crippen LogP contribution in [0, 0.1) is 6.92 Å². The number of nitrogens with zero attached hydrogens (tertiary/aromatic N) is 1. The average molecular weight is 264 g/mol. The van der Waals surface area contributed by atoms with Crippen LogP contribution in [0.3, 0.4) is 0 Å². The molecule has 1 heterocycles. The second kappa shape index (κ2) is 5.48. The van der Waals surface area contributed by atoms with Crippen molar-refractivity contribution in [3.05, 3.63) is 34.8 Å². The topological polar surface area (TPSA) is 68.4 Å². The van der Waals surface area contributed by atoms with Gasteiger partial charge in [-0.05, 0) is 19.1 Å². The molecule has 0 radical (unpaired) electrons. The Labute approximate surface area is 110 Å². The summed E-state index contributed by atoms with van der Waals surface area (Å²) in [6.45, 7) is 1.84. The Balaban J connectivity index is 2.39. The standard InChI is InChI=1S/C13H16N2O2S/c1-8-12(11(14)7-16)18-13(15-8)9-4-3-5-10(6-9)17-2/h3-6,11,16H,7,14H2,1-2H3. The lowest BCUT2D eigenvalue weighted by molar-refractivity contribution is 0.269. The van der Waals surface area contributed by atoms with Gasteiger partial charge in [0.2, 0.25) is 0 Å². The molecule has 2 aromatic rings. The van der Waals surface area contributed by atoms with Gasteiger partial charge in [0.15, 0.2) is 0 Å². The molecule has 3 N–H and O–H groups in total. The lowest BCUT2D eigenvalue weighted by Crippen LogP contribution is -2.13. The number of hydrogen-bond acceptors (Lipinski definition) is 5. The fourth-order valence-corrected chi connectivity index (χ4v) is 2.77. The number of aryl methyl sites for hydroxylation is 1. The van der Waals surface area contributed by atoms with Gasteiger partial charge < -0.3 is 15.6 Å². The van der Waals surface area contributed by atoms with Crippen LogP contribution in [0.15, 0.2) is 24.3 Å². The maximum absolute atomic E-state index is 9.11. The van der Waals surface area contributed by atoms with Crippen LogP contribution in [0.25, 0.3) is 10.6 Å². The quantitative estimate of drug-likeness (QED) is 0.887. The third-order valence-electron chi connectivity index (χ3n) is 2.68. The molecule has 96 valence electrons. The molecule has 0 saturated heterocycles. The van der Waals surface area contributed by atoms with Gasteiger partial charge in [-0.2, -0.15) is 0 Å². The third kappa shape index (κ3) is 2.53. The molecule has 0 aliphatic carbocycles. The minimum atomic E-state index is -0.359. The van der Waals surface area contributed by atoms with E-state index in [1.54, 1.807) is 7.11 Å². The first-order chi connectivity index (χ1) is 8.65. The van der Waals surface area contributed by atoms with Crippen molar-refractivity contribution in [2.24, 2.45) is 5.73 Å². The van der Waals surface area contributed by atoms with Crippen molar-refractivity contribution < 1.29 is 9.84 Å². The van der Waals surface area contributed by atoms with E-state index >= 15 is 0 Å². The van der Waals surface area contributed by atoms with Crippen LogP contribution >= 0.6 is 11.3 Å². The number of hydrogen-bond donors (Lipinski definition) is 2. The average Bonchev–Trinajstić information content (AvgIpc) is 2.80. The lowest BCUT2D eigenvalue weighted by Gasteiger charge is -2.04. The Morgan fingerprint density at radius 1 is 1.50 bits per heavy atom. The van der Waals surface area contributed by atoms with Gasteiger partial charge in [-0.25, -0.2) is 4.98 Å². The highest BCUT2D eigenvalue weighted by Crippen LogP contribution is 2.32. The minimum Gasteiger partial charge on any atom is -0.497 e. The van der Waals surface area contributed by atoms with Crippen LogP contribution in [0.2, 0.25) is 0 Å². The van der Waals surface area contributed by atoms with Crippen molar-refractivity contribution in [1.29, 1.82) is 0 Å². The van der Waals surface area contributed by atoms with Crippen LogP contribution in [-0.2, 0) is 0 Å². The smallest absolute Gasteiger partial charge is 0.124 e. The summed E-state index contributed by atoms with van der Waals surface area (Å²) < 4.78 is 5.19. The van der Waals surface area contributed by atoms with E-state index in [1.807, 2.05) is 31.2 Å². The highest BCUT2D eigenvalue weighted by atomic mass is 32.1. The highest BCUT2D eigenvalue weighted by Gasteiger charge is 2.15. The number of aliphatic hydroxyl groups excluding tert-OH is 1. The summed E-state index contributed by atoms with van der Waals surface area (Å²) in [6.07, 6.45) is 0. The van der Waals surface area contributed by atoms with Crippen molar-refractivity contribution in [2.45, 2.75) is 13.0 Å². The van der Waals surface area contributed by atoms with Gasteiger partial charge in [0.1, 0.15) is 10.8 Å². The van der Waals surface area contributed by atoms with Crippen molar-refractivity contribution >= 4 is 11.3 Å². The van der Waals surface area contributed by atoms with Crippen LogP contribution in [0.5, 0.6) is 5.75 Å². The summed E-state index contributed by atoms with van der Waals surface area (Å²) >= 11 is 1.51. The van der Waals surface area contributed by atoms with E-state index < -0.39 is 0 Å². The van der Waals surface area contributed by atoms with E-state index in [4.69, 9.17) is 15.6 Å². The number of ether oxygens (including phenoxy) is 1.